The number of methoxy groups -OCH3 is 6. The molecule has 2 aliphatic rings. The van der Waals surface area contributed by atoms with E-state index in [4.69, 9.17) is 44.8 Å². The van der Waals surface area contributed by atoms with Crippen LogP contribution in [0.15, 0.2) is 29.5 Å². The number of hydrogen-bond donors (Lipinski definition) is 1. The molecule has 0 bridgehead atoms. The third kappa shape index (κ3) is 4.57. The molecule has 220 valence electrons. The number of ketones is 2. The van der Waals surface area contributed by atoms with Crippen molar-refractivity contribution in [3.05, 3.63) is 45.7 Å². The van der Waals surface area contributed by atoms with Crippen molar-refractivity contribution in [2.75, 3.05) is 42.7 Å². The van der Waals surface area contributed by atoms with Crippen molar-refractivity contribution in [1.82, 2.24) is 0 Å². The first-order valence-electron chi connectivity index (χ1n) is 12.6. The lowest BCUT2D eigenvalue weighted by Crippen LogP contribution is -2.53. The van der Waals surface area contributed by atoms with E-state index in [2.05, 4.69) is 0 Å². The van der Waals surface area contributed by atoms with E-state index in [0.29, 0.717) is 5.56 Å². The molecule has 1 unspecified atom stereocenters. The molecule has 1 aliphatic carbocycles. The maximum Gasteiger partial charge on any atom is 0.306 e. The summed E-state index contributed by atoms with van der Waals surface area (Å²) < 4.78 is 38.2. The van der Waals surface area contributed by atoms with Gasteiger partial charge in [-0.15, -0.1) is 0 Å². The molecular weight excluding hydrogens is 560 g/mol. The Balaban J connectivity index is 2.00. The summed E-state index contributed by atoms with van der Waals surface area (Å²) in [7, 11) is 8.24. The lowest BCUT2D eigenvalue weighted by Gasteiger charge is -2.38. The SMILES string of the molecule is COC(=O)CC(C1=C(O)[C@@]2(Oc3c(Cl)c(OC)cc(OC)c3C2=O)[C@H](C)CC1=O)c1cc(OC)c(OC)c(OC)c1. The maximum atomic E-state index is 14.1. The quantitative estimate of drug-likeness (QED) is 0.414. The average Bonchev–Trinajstić information content (AvgIpc) is 3.29. The zero-order valence-corrected chi connectivity index (χ0v) is 24.5. The van der Waals surface area contributed by atoms with Gasteiger partial charge in [-0.2, -0.15) is 0 Å². The van der Waals surface area contributed by atoms with E-state index < -0.39 is 40.7 Å². The molecule has 1 heterocycles. The summed E-state index contributed by atoms with van der Waals surface area (Å²) in [5, 5.41) is 11.9. The minimum absolute atomic E-state index is 0.00250. The van der Waals surface area contributed by atoms with Gasteiger partial charge in [-0.25, -0.2) is 0 Å². The number of hydrogen-bond acceptors (Lipinski definition) is 11. The van der Waals surface area contributed by atoms with Crippen molar-refractivity contribution in [3.63, 3.8) is 0 Å². The lowest BCUT2D eigenvalue weighted by atomic mass is 9.69. The van der Waals surface area contributed by atoms with Gasteiger partial charge in [0.1, 0.15) is 22.1 Å². The van der Waals surface area contributed by atoms with Crippen LogP contribution in [0, 0.1) is 5.92 Å². The van der Waals surface area contributed by atoms with Gasteiger partial charge >= 0.3 is 5.97 Å². The number of benzene rings is 2. The molecule has 1 spiro atoms. The zero-order chi connectivity index (χ0) is 30.2. The second-order valence-corrected chi connectivity index (χ2v) is 9.93. The summed E-state index contributed by atoms with van der Waals surface area (Å²) in [4.78, 5) is 40.4. The van der Waals surface area contributed by atoms with Crippen LogP contribution in [0.4, 0.5) is 0 Å². The number of aliphatic hydroxyl groups excluding tert-OH is 1. The largest absolute Gasteiger partial charge is 0.507 e. The number of esters is 1. The normalized spacial score (nSPS) is 20.3. The highest BCUT2D eigenvalue weighted by Gasteiger charge is 2.61. The molecule has 11 nitrogen and oxygen atoms in total. The van der Waals surface area contributed by atoms with Gasteiger partial charge in [0, 0.05) is 29.9 Å². The number of ether oxygens (including phenoxy) is 7. The van der Waals surface area contributed by atoms with Crippen LogP contribution in [0.25, 0.3) is 0 Å². The Bertz CT molecular complexity index is 1420. The van der Waals surface area contributed by atoms with Crippen LogP contribution in [0.3, 0.4) is 0 Å². The molecule has 4 rings (SSSR count). The van der Waals surface area contributed by atoms with Crippen LogP contribution >= 0.6 is 11.6 Å². The van der Waals surface area contributed by atoms with Gasteiger partial charge in [-0.3, -0.25) is 14.4 Å². The fraction of sp³-hybridized carbons (Fsp3) is 0.414. The minimum Gasteiger partial charge on any atom is -0.507 e. The monoisotopic (exact) mass is 590 g/mol. The van der Waals surface area contributed by atoms with Gasteiger partial charge in [0.15, 0.2) is 28.8 Å². The Kier molecular flexibility index (Phi) is 8.30. The molecular formula is C29H31ClO11. The van der Waals surface area contributed by atoms with E-state index in [9.17, 15) is 19.5 Å². The predicted octanol–water partition coefficient (Wildman–Crippen LogP) is 4.46. The van der Waals surface area contributed by atoms with Crippen LogP contribution in [-0.4, -0.2) is 70.9 Å². The predicted molar refractivity (Wildman–Crippen MR) is 146 cm³/mol. The number of carbonyl (C=O) groups is 3. The highest BCUT2D eigenvalue weighted by atomic mass is 35.5. The fourth-order valence-corrected chi connectivity index (χ4v) is 5.74. The van der Waals surface area contributed by atoms with Crippen LogP contribution in [0.5, 0.6) is 34.5 Å². The molecule has 0 amide bonds. The number of rotatable bonds is 9. The highest BCUT2D eigenvalue weighted by Crippen LogP contribution is 2.56. The number of fused-ring (bicyclic) bond motifs is 1. The summed E-state index contributed by atoms with van der Waals surface area (Å²) in [5.41, 5.74) is -1.84. The first-order chi connectivity index (χ1) is 19.5. The number of allylic oxidation sites excluding steroid dienone is 1. The third-order valence-corrected chi connectivity index (χ3v) is 7.91. The van der Waals surface area contributed by atoms with E-state index in [1.54, 1.807) is 19.1 Å². The Morgan fingerprint density at radius 3 is 2.07 bits per heavy atom. The summed E-state index contributed by atoms with van der Waals surface area (Å²) in [6.45, 7) is 1.61. The maximum absolute atomic E-state index is 14.1. The Morgan fingerprint density at radius 1 is 0.976 bits per heavy atom. The summed E-state index contributed by atoms with van der Waals surface area (Å²) in [6.07, 6.45) is -0.540. The van der Waals surface area contributed by atoms with Gasteiger partial charge in [-0.1, -0.05) is 18.5 Å². The van der Waals surface area contributed by atoms with E-state index >= 15 is 0 Å². The molecule has 1 aliphatic heterocycles. The Morgan fingerprint density at radius 2 is 1.56 bits per heavy atom. The smallest absolute Gasteiger partial charge is 0.306 e. The van der Waals surface area contributed by atoms with Crippen LogP contribution < -0.4 is 28.4 Å². The van der Waals surface area contributed by atoms with Crippen molar-refractivity contribution in [2.24, 2.45) is 5.92 Å². The molecule has 0 radical (unpaired) electrons. The lowest BCUT2D eigenvalue weighted by molar-refractivity contribution is -0.140. The number of halogens is 1. The van der Waals surface area contributed by atoms with Gasteiger partial charge < -0.3 is 38.3 Å². The van der Waals surface area contributed by atoms with Crippen molar-refractivity contribution < 1.29 is 52.6 Å². The van der Waals surface area contributed by atoms with Crippen molar-refractivity contribution in [2.45, 2.75) is 31.3 Å². The third-order valence-electron chi connectivity index (χ3n) is 7.55. The van der Waals surface area contributed by atoms with Crippen molar-refractivity contribution >= 4 is 29.1 Å². The number of Topliss-reactive ketones (excluding diaryl/α,β-unsaturated/α-hetero) is 2. The van der Waals surface area contributed by atoms with Gasteiger partial charge in [0.25, 0.3) is 0 Å². The number of aliphatic hydroxyl groups is 1. The molecule has 3 atom stereocenters. The summed E-state index contributed by atoms with van der Waals surface area (Å²) >= 11 is 6.53. The molecule has 12 heteroatoms. The minimum atomic E-state index is -2.02. The summed E-state index contributed by atoms with van der Waals surface area (Å²) in [6, 6.07) is 4.56. The zero-order valence-electron chi connectivity index (χ0n) is 23.7. The van der Waals surface area contributed by atoms with Crippen LogP contribution in [0.2, 0.25) is 5.02 Å². The fourth-order valence-electron chi connectivity index (χ4n) is 5.48. The molecule has 0 saturated carbocycles. The first-order valence-corrected chi connectivity index (χ1v) is 12.9. The molecule has 0 saturated heterocycles. The van der Waals surface area contributed by atoms with E-state index in [0.717, 1.165) is 0 Å². The molecule has 41 heavy (non-hydrogen) atoms. The Hall–Kier alpha value is -4.12. The van der Waals surface area contributed by atoms with Gasteiger partial charge in [0.05, 0.1) is 49.1 Å². The number of carbonyl (C=O) groups excluding carboxylic acids is 3. The van der Waals surface area contributed by atoms with Crippen molar-refractivity contribution in [1.29, 1.82) is 0 Å². The average molecular weight is 591 g/mol. The van der Waals surface area contributed by atoms with Crippen LogP contribution in [0.1, 0.15) is 41.6 Å². The summed E-state index contributed by atoms with van der Waals surface area (Å²) in [5.74, 6) is -3.26. The Labute approximate surface area is 241 Å². The molecule has 2 aromatic carbocycles. The van der Waals surface area contributed by atoms with E-state index in [1.165, 1.54) is 48.7 Å². The molecule has 0 fully saturated rings. The van der Waals surface area contributed by atoms with Crippen molar-refractivity contribution in [3.8, 4) is 34.5 Å². The highest BCUT2D eigenvalue weighted by molar-refractivity contribution is 6.35. The molecule has 0 aromatic heterocycles. The van der Waals surface area contributed by atoms with E-state index in [1.807, 2.05) is 0 Å². The van der Waals surface area contributed by atoms with Gasteiger partial charge in [-0.05, 0) is 17.7 Å². The van der Waals surface area contributed by atoms with Gasteiger partial charge in [0.2, 0.25) is 17.1 Å². The second kappa shape index (κ2) is 11.4. The second-order valence-electron chi connectivity index (χ2n) is 9.55. The molecule has 1 N–H and O–H groups in total. The van der Waals surface area contributed by atoms with Crippen LogP contribution in [-0.2, 0) is 14.3 Å². The topological polar surface area (TPSA) is 136 Å². The van der Waals surface area contributed by atoms with E-state index in [-0.39, 0.29) is 63.5 Å². The standard InChI is InChI=1S/C29H31ClO11/c1-13-8-16(31)22(15(11-21(32)39-6)14-9-19(37-4)25(40-7)20(10-14)38-5)27(33)29(13)28(34)23-17(35-2)12-18(36-3)24(30)26(23)41-29/h9-10,12-13,15,33H,8,11H2,1-7H3/t13-,15?,29+/m1/s1. The molecule has 2 aromatic rings. The first kappa shape index (κ1) is 29.9.